The van der Waals surface area contributed by atoms with Gasteiger partial charge in [0.05, 0.1) is 13.2 Å². The van der Waals surface area contributed by atoms with E-state index < -0.39 is 0 Å². The molecule has 1 aromatic carbocycles. The fourth-order valence-electron chi connectivity index (χ4n) is 3.70. The second-order valence-corrected chi connectivity index (χ2v) is 6.73. The zero-order chi connectivity index (χ0) is 16.8. The van der Waals surface area contributed by atoms with Crippen LogP contribution in [-0.4, -0.2) is 37.2 Å². The monoisotopic (exact) mass is 332 g/mol. The highest BCUT2D eigenvalue weighted by Crippen LogP contribution is 2.26. The van der Waals surface area contributed by atoms with Crippen LogP contribution in [0.15, 0.2) is 24.3 Å². The zero-order valence-electron chi connectivity index (χ0n) is 14.4. The highest BCUT2D eigenvalue weighted by Gasteiger charge is 2.33. The summed E-state index contributed by atoms with van der Waals surface area (Å²) in [6, 6.07) is 9.16. The van der Waals surface area contributed by atoms with Gasteiger partial charge in [-0.25, -0.2) is 0 Å². The predicted octanol–water partition coefficient (Wildman–Crippen LogP) is 2.64. The van der Waals surface area contributed by atoms with E-state index in [2.05, 4.69) is 10.6 Å². The molecule has 0 saturated carbocycles. The van der Waals surface area contributed by atoms with Gasteiger partial charge in [0.15, 0.2) is 0 Å². The normalized spacial score (nSPS) is 25.3. The van der Waals surface area contributed by atoms with Crippen molar-refractivity contribution in [2.24, 2.45) is 0 Å². The quantitative estimate of drug-likeness (QED) is 0.719. The molecule has 0 radical (unpaired) electrons. The van der Waals surface area contributed by atoms with Crippen LogP contribution in [0, 0.1) is 0 Å². The van der Waals surface area contributed by atoms with Gasteiger partial charge in [0.2, 0.25) is 5.91 Å². The van der Waals surface area contributed by atoms with E-state index in [1.807, 2.05) is 31.2 Å². The number of piperidine rings is 1. The molecule has 5 heteroatoms. The van der Waals surface area contributed by atoms with E-state index >= 15 is 0 Å². The van der Waals surface area contributed by atoms with Crippen LogP contribution in [0.3, 0.4) is 0 Å². The number of ether oxygens (including phenoxy) is 2. The van der Waals surface area contributed by atoms with Gasteiger partial charge in [-0.15, -0.1) is 0 Å². The summed E-state index contributed by atoms with van der Waals surface area (Å²) in [4.78, 5) is 12.1. The molecule has 2 saturated heterocycles. The van der Waals surface area contributed by atoms with Crippen molar-refractivity contribution in [2.75, 3.05) is 13.2 Å². The maximum Gasteiger partial charge on any atom is 0.220 e. The minimum atomic E-state index is 0.150. The lowest BCUT2D eigenvalue weighted by molar-refractivity contribution is -0.122. The molecule has 1 amide bonds. The highest BCUT2D eigenvalue weighted by atomic mass is 16.5. The van der Waals surface area contributed by atoms with Crippen molar-refractivity contribution in [1.29, 1.82) is 0 Å². The Balaban J connectivity index is 1.30. The lowest BCUT2D eigenvalue weighted by Gasteiger charge is -2.29. The highest BCUT2D eigenvalue weighted by molar-refractivity contribution is 5.76. The summed E-state index contributed by atoms with van der Waals surface area (Å²) >= 11 is 0. The second kappa shape index (κ2) is 8.38. The Hall–Kier alpha value is -1.75. The molecule has 2 N–H and O–H groups in total. The molecule has 3 rings (SSSR count). The van der Waals surface area contributed by atoms with Crippen molar-refractivity contribution in [3.8, 4) is 11.5 Å². The van der Waals surface area contributed by atoms with Gasteiger partial charge in [-0.05, 0) is 63.3 Å². The lowest BCUT2D eigenvalue weighted by atomic mass is 9.99. The van der Waals surface area contributed by atoms with Crippen LogP contribution in [0.1, 0.15) is 45.4 Å². The molecule has 2 fully saturated rings. The van der Waals surface area contributed by atoms with E-state index in [0.29, 0.717) is 37.8 Å². The molecule has 0 spiro atoms. The molecule has 1 aromatic rings. The number of fused-ring (bicyclic) bond motifs is 2. The fraction of sp³-hybridized carbons (Fsp3) is 0.632. The van der Waals surface area contributed by atoms with Gasteiger partial charge in [-0.2, -0.15) is 0 Å². The van der Waals surface area contributed by atoms with Crippen LogP contribution in [0.4, 0.5) is 0 Å². The smallest absolute Gasteiger partial charge is 0.220 e. The Kier molecular flexibility index (Phi) is 5.96. The van der Waals surface area contributed by atoms with Crippen molar-refractivity contribution in [2.45, 2.75) is 63.6 Å². The van der Waals surface area contributed by atoms with Gasteiger partial charge in [-0.1, -0.05) is 0 Å². The number of carbonyl (C=O) groups is 1. The van der Waals surface area contributed by atoms with Gasteiger partial charge in [0.1, 0.15) is 11.5 Å². The van der Waals surface area contributed by atoms with Crippen LogP contribution in [0.5, 0.6) is 11.5 Å². The topological polar surface area (TPSA) is 59.6 Å². The summed E-state index contributed by atoms with van der Waals surface area (Å²) in [5, 5.41) is 6.78. The summed E-state index contributed by atoms with van der Waals surface area (Å²) in [6.07, 6.45) is 5.92. The Labute approximate surface area is 144 Å². The van der Waals surface area contributed by atoms with Crippen LogP contribution < -0.4 is 20.1 Å². The number of rotatable bonds is 8. The number of benzene rings is 1. The van der Waals surface area contributed by atoms with Crippen LogP contribution in [0.25, 0.3) is 0 Å². The molecule has 2 atom stereocenters. The third-order valence-electron chi connectivity index (χ3n) is 4.79. The maximum absolute atomic E-state index is 12.1. The summed E-state index contributed by atoms with van der Waals surface area (Å²) in [6.45, 7) is 3.18. The van der Waals surface area contributed by atoms with Gasteiger partial charge < -0.3 is 20.1 Å². The van der Waals surface area contributed by atoms with Gasteiger partial charge >= 0.3 is 0 Å². The molecule has 2 heterocycles. The fourth-order valence-corrected chi connectivity index (χ4v) is 3.70. The molecular weight excluding hydrogens is 304 g/mol. The van der Waals surface area contributed by atoms with Gasteiger partial charge in [-0.3, -0.25) is 4.79 Å². The molecule has 2 unspecified atom stereocenters. The van der Waals surface area contributed by atoms with E-state index in [-0.39, 0.29) is 5.91 Å². The number of carbonyl (C=O) groups excluding carboxylic acids is 1. The first-order chi connectivity index (χ1) is 11.7. The van der Waals surface area contributed by atoms with Crippen molar-refractivity contribution < 1.29 is 14.3 Å². The number of nitrogens with one attached hydrogen (secondary N) is 2. The predicted molar refractivity (Wildman–Crippen MR) is 93.5 cm³/mol. The third kappa shape index (κ3) is 4.87. The van der Waals surface area contributed by atoms with Crippen molar-refractivity contribution in [3.63, 3.8) is 0 Å². The van der Waals surface area contributed by atoms with E-state index in [1.165, 1.54) is 12.8 Å². The van der Waals surface area contributed by atoms with E-state index in [4.69, 9.17) is 9.47 Å². The van der Waals surface area contributed by atoms with Crippen LogP contribution in [0.2, 0.25) is 0 Å². The standard InChI is InChI=1S/C19H28N2O3/c1-2-23-17-7-9-18(10-8-17)24-11-3-4-19(22)21-16-12-14-5-6-15(13-16)20-14/h7-10,14-16,20H,2-6,11-13H2,1H3,(H,21,22). The molecule has 0 aromatic heterocycles. The largest absolute Gasteiger partial charge is 0.494 e. The second-order valence-electron chi connectivity index (χ2n) is 6.73. The molecule has 5 nitrogen and oxygen atoms in total. The first kappa shape index (κ1) is 17.1. The van der Waals surface area contributed by atoms with Crippen molar-refractivity contribution in [1.82, 2.24) is 10.6 Å². The first-order valence-corrected chi connectivity index (χ1v) is 9.14. The molecule has 2 aliphatic heterocycles. The number of amides is 1. The molecule has 2 aliphatic rings. The minimum Gasteiger partial charge on any atom is -0.494 e. The van der Waals surface area contributed by atoms with E-state index in [0.717, 1.165) is 30.8 Å². The average molecular weight is 332 g/mol. The third-order valence-corrected chi connectivity index (χ3v) is 4.79. The van der Waals surface area contributed by atoms with Gasteiger partial charge in [0.25, 0.3) is 0 Å². The maximum atomic E-state index is 12.1. The summed E-state index contributed by atoms with van der Waals surface area (Å²) in [5.41, 5.74) is 0. The van der Waals surface area contributed by atoms with Gasteiger partial charge in [0, 0.05) is 24.5 Å². The van der Waals surface area contributed by atoms with Crippen molar-refractivity contribution in [3.05, 3.63) is 24.3 Å². The molecule has 0 aliphatic carbocycles. The zero-order valence-corrected chi connectivity index (χ0v) is 14.4. The SMILES string of the molecule is CCOc1ccc(OCCCC(=O)NC2CC3CCC(C2)N3)cc1. The Bertz CT molecular complexity index is 520. The Morgan fingerprint density at radius 2 is 1.75 bits per heavy atom. The minimum absolute atomic E-state index is 0.150. The Morgan fingerprint density at radius 3 is 2.38 bits per heavy atom. The van der Waals surface area contributed by atoms with E-state index in [1.54, 1.807) is 0 Å². The Morgan fingerprint density at radius 1 is 1.12 bits per heavy atom. The summed E-state index contributed by atoms with van der Waals surface area (Å²) in [7, 11) is 0. The number of hydrogen-bond acceptors (Lipinski definition) is 4. The average Bonchev–Trinajstić information content (AvgIpc) is 2.92. The van der Waals surface area contributed by atoms with Crippen LogP contribution in [-0.2, 0) is 4.79 Å². The molecule has 24 heavy (non-hydrogen) atoms. The molecule has 2 bridgehead atoms. The molecular formula is C19H28N2O3. The first-order valence-electron chi connectivity index (χ1n) is 9.14. The summed E-state index contributed by atoms with van der Waals surface area (Å²) < 4.78 is 11.1. The van der Waals surface area contributed by atoms with E-state index in [9.17, 15) is 4.79 Å². The molecule has 132 valence electrons. The lowest BCUT2D eigenvalue weighted by Crippen LogP contribution is -2.48. The summed E-state index contributed by atoms with van der Waals surface area (Å²) in [5.74, 6) is 1.81. The van der Waals surface area contributed by atoms with Crippen molar-refractivity contribution >= 4 is 5.91 Å². The van der Waals surface area contributed by atoms with Crippen LogP contribution >= 0.6 is 0 Å². The number of hydrogen-bond donors (Lipinski definition) is 2.